The van der Waals surface area contributed by atoms with Crippen LogP contribution in [0.25, 0.3) is 0 Å². The average Bonchev–Trinajstić information content (AvgIpc) is 2.61. The Morgan fingerprint density at radius 3 is 2.41 bits per heavy atom. The third kappa shape index (κ3) is 2.54. The first-order valence-electron chi connectivity index (χ1n) is 5.36. The van der Waals surface area contributed by atoms with Gasteiger partial charge in [0.25, 0.3) is 0 Å². The van der Waals surface area contributed by atoms with Crippen LogP contribution in [0.15, 0.2) is 24.3 Å². The van der Waals surface area contributed by atoms with E-state index in [1.807, 2.05) is 0 Å². The lowest BCUT2D eigenvalue weighted by Crippen LogP contribution is -2.32. The van der Waals surface area contributed by atoms with Crippen LogP contribution in [0.5, 0.6) is 0 Å². The highest BCUT2D eigenvalue weighted by molar-refractivity contribution is 6.58. The molecule has 0 bridgehead atoms. The van der Waals surface area contributed by atoms with E-state index in [4.69, 9.17) is 10.0 Å². The van der Waals surface area contributed by atoms with Gasteiger partial charge in [0.05, 0.1) is 6.54 Å². The number of carbonyl (C=O) groups excluding carboxylic acids is 2. The molecule has 0 saturated carbocycles. The third-order valence-corrected chi connectivity index (χ3v) is 2.74. The Labute approximate surface area is 98.8 Å². The van der Waals surface area contributed by atoms with E-state index in [-0.39, 0.29) is 31.2 Å². The highest BCUT2D eigenvalue weighted by Crippen LogP contribution is 2.15. The smallest absolute Gasteiger partial charge is 0.423 e. The molecule has 6 heteroatoms. The Kier molecular flexibility index (Phi) is 3.26. The fourth-order valence-corrected chi connectivity index (χ4v) is 1.83. The largest absolute Gasteiger partial charge is 0.488 e. The second-order valence-electron chi connectivity index (χ2n) is 3.99. The lowest BCUT2D eigenvalue weighted by atomic mass is 9.79. The fraction of sp³-hybridized carbons (Fsp3) is 0.273. The molecule has 1 aromatic rings. The molecule has 0 atom stereocenters. The number of benzene rings is 1. The van der Waals surface area contributed by atoms with Gasteiger partial charge in [-0.15, -0.1) is 0 Å². The van der Waals surface area contributed by atoms with E-state index >= 15 is 0 Å². The van der Waals surface area contributed by atoms with Gasteiger partial charge in [0.2, 0.25) is 11.8 Å². The molecule has 2 N–H and O–H groups in total. The maximum atomic E-state index is 11.4. The summed E-state index contributed by atoms with van der Waals surface area (Å²) in [5, 5.41) is 18.0. The number of rotatable bonds is 3. The Balaban J connectivity index is 2.16. The standard InChI is InChI=1S/C11H12BNO4/c14-10-4-5-11(15)13(10)7-8-2-1-3-9(6-8)12(16)17/h1-3,6,16-17H,4-5,7H2. The van der Waals surface area contributed by atoms with Crippen LogP contribution in [0.4, 0.5) is 0 Å². The first-order valence-corrected chi connectivity index (χ1v) is 5.36. The monoisotopic (exact) mass is 233 g/mol. The van der Waals surface area contributed by atoms with Crippen molar-refractivity contribution in [2.75, 3.05) is 0 Å². The van der Waals surface area contributed by atoms with Gasteiger partial charge in [0.1, 0.15) is 0 Å². The maximum absolute atomic E-state index is 11.4. The van der Waals surface area contributed by atoms with Gasteiger partial charge in [-0.05, 0) is 11.0 Å². The number of likely N-dealkylation sites (tertiary alicyclic amines) is 1. The van der Waals surface area contributed by atoms with Crippen LogP contribution in [-0.2, 0) is 16.1 Å². The molecular weight excluding hydrogens is 221 g/mol. The van der Waals surface area contributed by atoms with Crippen LogP contribution >= 0.6 is 0 Å². The summed E-state index contributed by atoms with van der Waals surface area (Å²) in [5.41, 5.74) is 1.06. The molecule has 1 saturated heterocycles. The first-order chi connectivity index (χ1) is 8.08. The van der Waals surface area contributed by atoms with Gasteiger partial charge in [-0.25, -0.2) is 0 Å². The van der Waals surface area contributed by atoms with E-state index in [1.165, 1.54) is 4.90 Å². The van der Waals surface area contributed by atoms with Crippen LogP contribution in [0.1, 0.15) is 18.4 Å². The van der Waals surface area contributed by atoms with E-state index < -0.39 is 7.12 Å². The van der Waals surface area contributed by atoms with Gasteiger partial charge < -0.3 is 10.0 Å². The number of hydrogen-bond acceptors (Lipinski definition) is 4. The molecule has 2 rings (SSSR count). The molecular formula is C11H12BNO4. The molecule has 0 aliphatic carbocycles. The molecule has 0 unspecified atom stereocenters. The van der Waals surface area contributed by atoms with E-state index in [1.54, 1.807) is 24.3 Å². The van der Waals surface area contributed by atoms with E-state index in [0.717, 1.165) is 0 Å². The highest BCUT2D eigenvalue weighted by atomic mass is 16.4. The molecule has 1 aliphatic rings. The summed E-state index contributed by atoms with van der Waals surface area (Å²) < 4.78 is 0. The fourth-order valence-electron chi connectivity index (χ4n) is 1.83. The maximum Gasteiger partial charge on any atom is 0.488 e. The zero-order valence-electron chi connectivity index (χ0n) is 9.17. The average molecular weight is 233 g/mol. The molecule has 0 spiro atoms. The second kappa shape index (κ2) is 4.69. The van der Waals surface area contributed by atoms with Crippen molar-refractivity contribution in [2.45, 2.75) is 19.4 Å². The normalized spacial score (nSPS) is 15.5. The van der Waals surface area contributed by atoms with Gasteiger partial charge in [0, 0.05) is 12.8 Å². The molecule has 1 aromatic carbocycles. The van der Waals surface area contributed by atoms with Crippen LogP contribution in [-0.4, -0.2) is 33.9 Å². The summed E-state index contributed by atoms with van der Waals surface area (Å²) in [6.07, 6.45) is 0.530. The second-order valence-corrected chi connectivity index (χ2v) is 3.99. The zero-order valence-corrected chi connectivity index (χ0v) is 9.17. The molecule has 1 fully saturated rings. The molecule has 5 nitrogen and oxygen atoms in total. The molecule has 17 heavy (non-hydrogen) atoms. The van der Waals surface area contributed by atoms with Crippen LogP contribution in [0.3, 0.4) is 0 Å². The van der Waals surface area contributed by atoms with Crippen molar-refractivity contribution < 1.29 is 19.6 Å². The predicted octanol–water partition coefficient (Wildman–Crippen LogP) is -0.985. The molecule has 0 aromatic heterocycles. The van der Waals surface area contributed by atoms with Crippen molar-refractivity contribution in [1.82, 2.24) is 4.90 Å². The Morgan fingerprint density at radius 2 is 1.82 bits per heavy atom. The minimum Gasteiger partial charge on any atom is -0.423 e. The zero-order chi connectivity index (χ0) is 12.4. The Hall–Kier alpha value is -1.66. The first kappa shape index (κ1) is 11.8. The highest BCUT2D eigenvalue weighted by Gasteiger charge is 2.28. The van der Waals surface area contributed by atoms with Gasteiger partial charge >= 0.3 is 7.12 Å². The summed E-state index contributed by atoms with van der Waals surface area (Å²) in [5.74, 6) is -0.352. The van der Waals surface area contributed by atoms with Gasteiger partial charge in [0.15, 0.2) is 0 Å². The molecule has 1 aliphatic heterocycles. The SMILES string of the molecule is O=C1CCC(=O)N1Cc1cccc(B(O)O)c1. The van der Waals surface area contributed by atoms with Crippen LogP contribution in [0, 0.1) is 0 Å². The van der Waals surface area contributed by atoms with Crippen LogP contribution in [0.2, 0.25) is 0 Å². The van der Waals surface area contributed by atoms with Gasteiger partial charge in [-0.3, -0.25) is 14.5 Å². The minimum atomic E-state index is -1.54. The van der Waals surface area contributed by atoms with E-state index in [2.05, 4.69) is 0 Å². The summed E-state index contributed by atoms with van der Waals surface area (Å²) in [7, 11) is -1.54. The number of imide groups is 1. The topological polar surface area (TPSA) is 77.8 Å². The summed E-state index contributed by atoms with van der Waals surface area (Å²) in [6.45, 7) is 0.193. The number of hydrogen-bond donors (Lipinski definition) is 2. The lowest BCUT2D eigenvalue weighted by molar-refractivity contribution is -0.139. The number of carbonyl (C=O) groups is 2. The van der Waals surface area contributed by atoms with Crippen molar-refractivity contribution in [3.8, 4) is 0 Å². The van der Waals surface area contributed by atoms with Crippen molar-refractivity contribution in [3.63, 3.8) is 0 Å². The van der Waals surface area contributed by atoms with E-state index in [9.17, 15) is 9.59 Å². The van der Waals surface area contributed by atoms with Crippen molar-refractivity contribution in [3.05, 3.63) is 29.8 Å². The molecule has 2 amide bonds. The predicted molar refractivity (Wildman–Crippen MR) is 61.1 cm³/mol. The Morgan fingerprint density at radius 1 is 1.18 bits per heavy atom. The lowest BCUT2D eigenvalue weighted by Gasteiger charge is -2.14. The minimum absolute atomic E-state index is 0.176. The van der Waals surface area contributed by atoms with Crippen LogP contribution < -0.4 is 5.46 Å². The molecule has 0 radical (unpaired) electrons. The summed E-state index contributed by atoms with van der Waals surface area (Å²) in [6, 6.07) is 6.55. The van der Waals surface area contributed by atoms with Gasteiger partial charge in [-0.2, -0.15) is 0 Å². The summed E-state index contributed by atoms with van der Waals surface area (Å²) in [4.78, 5) is 24.0. The van der Waals surface area contributed by atoms with Crippen molar-refractivity contribution in [1.29, 1.82) is 0 Å². The van der Waals surface area contributed by atoms with Crippen molar-refractivity contribution >= 4 is 24.4 Å². The summed E-state index contributed by atoms with van der Waals surface area (Å²) >= 11 is 0. The van der Waals surface area contributed by atoms with Gasteiger partial charge in [-0.1, -0.05) is 24.3 Å². The van der Waals surface area contributed by atoms with E-state index in [0.29, 0.717) is 11.0 Å². The quantitative estimate of drug-likeness (QED) is 0.519. The number of amides is 2. The molecule has 1 heterocycles. The third-order valence-electron chi connectivity index (χ3n) is 2.74. The molecule has 88 valence electrons. The number of nitrogens with zero attached hydrogens (tertiary/aromatic N) is 1. The van der Waals surface area contributed by atoms with Crippen molar-refractivity contribution in [2.24, 2.45) is 0 Å². The Bertz CT molecular complexity index is 445.